The average molecular weight is 769 g/mol. The zero-order valence-electron chi connectivity index (χ0n) is 32.4. The molecule has 2 aliphatic rings. The Hall–Kier alpha value is -6.96. The van der Waals surface area contributed by atoms with Crippen LogP contribution in [0, 0.1) is 0 Å². The van der Waals surface area contributed by atoms with Crippen LogP contribution in [0.1, 0.15) is 56.7 Å². The number of anilines is 6. The van der Waals surface area contributed by atoms with Crippen molar-refractivity contribution < 1.29 is 0 Å². The van der Waals surface area contributed by atoms with Crippen molar-refractivity contribution in [3.63, 3.8) is 0 Å². The van der Waals surface area contributed by atoms with Crippen LogP contribution < -0.4 is 20.4 Å². The minimum atomic E-state index is 0.518. The van der Waals surface area contributed by atoms with Gasteiger partial charge in [-0.3, -0.25) is 9.56 Å². The number of nitrogens with one attached hydrogen (secondary N) is 4. The van der Waals surface area contributed by atoms with Crippen LogP contribution in [0.5, 0.6) is 0 Å². The molecular formula is C44H44N14. The Kier molecular flexibility index (Phi) is 8.40. The number of aromatic nitrogens is 9. The molecule has 8 heterocycles. The molecule has 290 valence electrons. The monoisotopic (exact) mass is 768 g/mol. The van der Waals surface area contributed by atoms with E-state index in [4.69, 9.17) is 24.9 Å². The highest BCUT2D eigenvalue weighted by atomic mass is 15.2. The summed E-state index contributed by atoms with van der Waals surface area (Å²) in [6.07, 6.45) is 17.0. The van der Waals surface area contributed by atoms with Crippen molar-refractivity contribution in [3.8, 4) is 5.82 Å². The molecule has 3 aromatic carbocycles. The molecule has 0 amide bonds. The van der Waals surface area contributed by atoms with Gasteiger partial charge in [-0.25, -0.2) is 24.3 Å². The quantitative estimate of drug-likeness (QED) is 0.100. The lowest BCUT2D eigenvalue weighted by molar-refractivity contribution is 0.578. The Labute approximate surface area is 334 Å². The molecule has 14 heteroatoms. The van der Waals surface area contributed by atoms with Gasteiger partial charge in [0.05, 0.1) is 33.6 Å². The fraction of sp³-hybridized carbons (Fsp3) is 0.273. The zero-order chi connectivity index (χ0) is 38.6. The van der Waals surface area contributed by atoms with E-state index in [0.29, 0.717) is 18.0 Å². The Morgan fingerprint density at radius 2 is 1.36 bits per heavy atom. The topological polar surface area (TPSA) is 148 Å². The molecule has 2 saturated heterocycles. The molecule has 0 bridgehead atoms. The van der Waals surface area contributed by atoms with Crippen LogP contribution in [0.3, 0.4) is 0 Å². The lowest BCUT2D eigenvalue weighted by Crippen LogP contribution is -2.29. The number of rotatable bonds is 10. The highest BCUT2D eigenvalue weighted by Gasteiger charge is 2.25. The molecule has 0 spiro atoms. The van der Waals surface area contributed by atoms with E-state index in [1.165, 1.54) is 49.9 Å². The third-order valence-electron chi connectivity index (χ3n) is 11.7. The molecule has 0 saturated carbocycles. The fourth-order valence-electron chi connectivity index (χ4n) is 9.00. The van der Waals surface area contributed by atoms with Crippen molar-refractivity contribution in [2.45, 2.75) is 51.9 Å². The van der Waals surface area contributed by atoms with Crippen LogP contribution in [-0.2, 0) is 6.42 Å². The van der Waals surface area contributed by atoms with Crippen LogP contribution in [0.15, 0.2) is 90.7 Å². The smallest absolute Gasteiger partial charge is 0.240 e. The number of aromatic amines is 2. The molecule has 58 heavy (non-hydrogen) atoms. The number of fused-ring (bicyclic) bond motifs is 1. The van der Waals surface area contributed by atoms with E-state index in [2.05, 4.69) is 76.4 Å². The number of hydrogen-bond acceptors (Lipinski definition) is 10. The van der Waals surface area contributed by atoms with E-state index in [1.54, 1.807) is 6.33 Å². The first kappa shape index (κ1) is 34.3. The highest BCUT2D eigenvalue weighted by molar-refractivity contribution is 6.06. The molecule has 0 atom stereocenters. The fourth-order valence-corrected chi connectivity index (χ4v) is 9.00. The lowest BCUT2D eigenvalue weighted by atomic mass is 10.0. The van der Waals surface area contributed by atoms with Gasteiger partial charge in [-0.2, -0.15) is 4.98 Å². The Bertz CT molecular complexity index is 2910. The third-order valence-corrected chi connectivity index (χ3v) is 11.7. The number of piperidine rings is 2. The highest BCUT2D eigenvalue weighted by Crippen LogP contribution is 2.41. The van der Waals surface area contributed by atoms with Gasteiger partial charge in [-0.05, 0) is 100 Å². The van der Waals surface area contributed by atoms with E-state index in [9.17, 15) is 0 Å². The molecule has 6 aromatic heterocycles. The Balaban J connectivity index is 1.08. The maximum atomic E-state index is 5.21. The molecule has 14 nitrogen and oxygen atoms in total. The predicted octanol–water partition coefficient (Wildman–Crippen LogP) is 9.04. The summed E-state index contributed by atoms with van der Waals surface area (Å²) in [6, 6.07) is 21.3. The summed E-state index contributed by atoms with van der Waals surface area (Å²) in [6.45, 7) is 6.13. The normalized spacial score (nSPS) is 15.3. The van der Waals surface area contributed by atoms with Gasteiger partial charge in [0.15, 0.2) is 5.82 Å². The van der Waals surface area contributed by atoms with Crippen molar-refractivity contribution in [2.75, 3.05) is 46.6 Å². The summed E-state index contributed by atoms with van der Waals surface area (Å²) in [5.41, 5.74) is 9.96. The van der Waals surface area contributed by atoms with E-state index in [1.807, 2.05) is 60.5 Å². The van der Waals surface area contributed by atoms with Gasteiger partial charge in [-0.15, -0.1) is 0 Å². The first-order chi connectivity index (χ1) is 28.7. The Morgan fingerprint density at radius 3 is 2.05 bits per heavy atom. The summed E-state index contributed by atoms with van der Waals surface area (Å²) < 4.78 is 4.07. The second-order valence-corrected chi connectivity index (χ2v) is 15.4. The molecule has 0 radical (unpaired) electrons. The van der Waals surface area contributed by atoms with Crippen molar-refractivity contribution in [2.24, 2.45) is 4.99 Å². The number of benzene rings is 2. The van der Waals surface area contributed by atoms with Gasteiger partial charge < -0.3 is 30.4 Å². The molecule has 2 aliphatic heterocycles. The molecule has 0 unspecified atom stereocenters. The standard InChI is InChI=1S/C44H44N14/c1-2-45-33-21-28(55-17-5-3-6-18-55)22-34(51-38-11-9-15-46-38)32(33)25-35-30-13-14-31-40(30)58-43(53-35)48-26-49-44(58)54-42(31)57-27-50-36-23-29(56-19-7-4-8-20-56)24-37(41(36)57)52-39-12-10-16-47-39/h2,9-16,21-24,26-27,46-47,51-52H,3-8,17-20,25H2,1H3/b45-2-. The maximum Gasteiger partial charge on any atom is 0.240 e. The third kappa shape index (κ3) is 5.94. The molecular weight excluding hydrogens is 725 g/mol. The lowest BCUT2D eigenvalue weighted by Gasteiger charge is -2.30. The van der Waals surface area contributed by atoms with Gasteiger partial charge in [0.1, 0.15) is 24.3 Å². The van der Waals surface area contributed by atoms with Crippen LogP contribution in [0.2, 0.25) is 0 Å². The van der Waals surface area contributed by atoms with Crippen molar-refractivity contribution in [1.82, 2.24) is 43.9 Å². The van der Waals surface area contributed by atoms with Crippen LogP contribution in [0.25, 0.3) is 44.7 Å². The van der Waals surface area contributed by atoms with E-state index in [-0.39, 0.29) is 0 Å². The summed E-state index contributed by atoms with van der Waals surface area (Å²) in [4.78, 5) is 41.4. The number of nitrogens with zero attached hydrogens (tertiary/aromatic N) is 10. The molecule has 0 aliphatic carbocycles. The SMILES string of the molecule is C/C=N\c1cc(N2CCCCC2)cc(Nc2ccc[nH]2)c1Cc1nc2ncnc3nc(-n4cnc5cc(N6CCCCC6)cc(Nc6ccc[nH]6)c54)c4ccc1c4n23. The molecule has 11 rings (SSSR count). The van der Waals surface area contributed by atoms with Crippen LogP contribution >= 0.6 is 0 Å². The molecule has 9 aromatic rings. The van der Waals surface area contributed by atoms with Crippen LogP contribution in [0.4, 0.5) is 40.1 Å². The summed E-state index contributed by atoms with van der Waals surface area (Å²) >= 11 is 0. The second kappa shape index (κ2) is 14.2. The van der Waals surface area contributed by atoms with Crippen LogP contribution in [-0.4, -0.2) is 76.2 Å². The number of imidazole rings is 1. The summed E-state index contributed by atoms with van der Waals surface area (Å²) in [7, 11) is 0. The van der Waals surface area contributed by atoms with E-state index >= 15 is 0 Å². The van der Waals surface area contributed by atoms with Crippen molar-refractivity contribution in [3.05, 3.63) is 97.0 Å². The number of H-pyrrole nitrogens is 2. The summed E-state index contributed by atoms with van der Waals surface area (Å²) in [5, 5.41) is 9.33. The Morgan fingerprint density at radius 1 is 0.707 bits per heavy atom. The number of hydrogen-bond donors (Lipinski definition) is 4. The summed E-state index contributed by atoms with van der Waals surface area (Å²) in [5.74, 6) is 3.62. The van der Waals surface area contributed by atoms with Gasteiger partial charge in [-0.1, -0.05) is 6.07 Å². The van der Waals surface area contributed by atoms with Gasteiger partial charge in [0.2, 0.25) is 11.6 Å². The van der Waals surface area contributed by atoms with Gasteiger partial charge >= 0.3 is 0 Å². The van der Waals surface area contributed by atoms with Crippen molar-refractivity contribution in [1.29, 1.82) is 0 Å². The largest absolute Gasteiger partial charge is 0.371 e. The number of aliphatic imine (C=N–C) groups is 1. The molecule has 4 N–H and O–H groups in total. The van der Waals surface area contributed by atoms with Gasteiger partial charge in [0.25, 0.3) is 0 Å². The van der Waals surface area contributed by atoms with E-state index in [0.717, 1.165) is 99.3 Å². The second-order valence-electron chi connectivity index (χ2n) is 15.4. The maximum absolute atomic E-state index is 5.21. The minimum absolute atomic E-state index is 0.518. The predicted molar refractivity (Wildman–Crippen MR) is 233 cm³/mol. The molecule has 2 fully saturated rings. The first-order valence-corrected chi connectivity index (χ1v) is 20.4. The first-order valence-electron chi connectivity index (χ1n) is 20.4. The van der Waals surface area contributed by atoms with E-state index < -0.39 is 0 Å². The van der Waals surface area contributed by atoms with Gasteiger partial charge in [0, 0.05) is 84.6 Å². The van der Waals surface area contributed by atoms with Crippen molar-refractivity contribution >= 4 is 85.2 Å². The average Bonchev–Trinajstić information content (AvgIpc) is 4.11. The zero-order valence-corrected chi connectivity index (χ0v) is 32.4. The minimum Gasteiger partial charge on any atom is -0.371 e.